The lowest BCUT2D eigenvalue weighted by atomic mass is 10.1. The Morgan fingerprint density at radius 3 is 2.74 bits per heavy atom. The second-order valence-corrected chi connectivity index (χ2v) is 6.32. The lowest BCUT2D eigenvalue weighted by molar-refractivity contribution is 0.124. The van der Waals surface area contributed by atoms with Gasteiger partial charge in [-0.15, -0.1) is 0 Å². The van der Waals surface area contributed by atoms with Crippen LogP contribution in [0.3, 0.4) is 0 Å². The van der Waals surface area contributed by atoms with Gasteiger partial charge in [-0.3, -0.25) is 9.78 Å². The highest BCUT2D eigenvalue weighted by molar-refractivity contribution is 5.64. The number of aryl methyl sites for hydroxylation is 1. The van der Waals surface area contributed by atoms with Crippen molar-refractivity contribution >= 4 is 17.9 Å². The number of nitrogens with zero attached hydrogens (tertiary/aromatic N) is 5. The third kappa shape index (κ3) is 4.70. The predicted octanol–water partition coefficient (Wildman–Crippen LogP) is 2.35. The summed E-state index contributed by atoms with van der Waals surface area (Å²) in [6.45, 7) is 3.28. The van der Waals surface area contributed by atoms with E-state index in [9.17, 15) is 10.1 Å². The molecular weight excluding hydrogens is 344 g/mol. The van der Waals surface area contributed by atoms with Crippen molar-refractivity contribution in [1.82, 2.24) is 19.9 Å². The lowest BCUT2D eigenvalue weighted by Crippen LogP contribution is -2.37. The number of aromatic nitrogens is 3. The molecule has 3 heterocycles. The first-order chi connectivity index (χ1) is 13.2. The fourth-order valence-corrected chi connectivity index (χ4v) is 2.92. The summed E-state index contributed by atoms with van der Waals surface area (Å²) in [4.78, 5) is 25.0. The molecular formula is C19H21N6O2. The maximum atomic E-state index is 10.7. The fourth-order valence-electron chi connectivity index (χ4n) is 2.92. The molecule has 1 aliphatic rings. The van der Waals surface area contributed by atoms with E-state index in [0.29, 0.717) is 31.7 Å². The summed E-state index contributed by atoms with van der Waals surface area (Å²) in [6, 6.07) is 5.98. The van der Waals surface area contributed by atoms with Crippen molar-refractivity contribution in [2.45, 2.75) is 38.7 Å². The normalized spacial score (nSPS) is 14.4. The fraction of sp³-hybridized carbons (Fsp3) is 0.421. The molecule has 0 spiro atoms. The number of nitriles is 1. The minimum atomic E-state index is -0.0977. The molecule has 1 amide bonds. The summed E-state index contributed by atoms with van der Waals surface area (Å²) in [7, 11) is 0. The summed E-state index contributed by atoms with van der Waals surface area (Å²) in [5.41, 5.74) is 2.01. The molecule has 0 unspecified atom stereocenters. The molecule has 0 saturated carbocycles. The Balaban J connectivity index is 1.72. The maximum Gasteiger partial charge on any atom is 0.312 e. The number of rotatable bonds is 7. The third-order valence-electron chi connectivity index (χ3n) is 4.37. The average Bonchev–Trinajstić information content (AvgIpc) is 2.70. The van der Waals surface area contributed by atoms with E-state index in [1.54, 1.807) is 11.1 Å². The smallest absolute Gasteiger partial charge is 0.312 e. The first kappa shape index (κ1) is 18.6. The number of amides is 1. The largest absolute Gasteiger partial charge is 0.473 e. The van der Waals surface area contributed by atoms with Crippen LogP contribution in [0, 0.1) is 11.3 Å². The number of piperidine rings is 1. The van der Waals surface area contributed by atoms with Gasteiger partial charge in [0, 0.05) is 31.6 Å². The van der Waals surface area contributed by atoms with Crippen LogP contribution in [0.25, 0.3) is 0 Å². The Hall–Kier alpha value is -3.21. The SMILES string of the molecule is CCCc1ccc(Nc2ncnc(OC3CCN([C]=O)CC3)c2C#N)cn1. The van der Waals surface area contributed by atoms with Crippen molar-refractivity contribution in [2.24, 2.45) is 0 Å². The molecule has 0 atom stereocenters. The minimum Gasteiger partial charge on any atom is -0.473 e. The zero-order valence-corrected chi connectivity index (χ0v) is 15.2. The highest BCUT2D eigenvalue weighted by Gasteiger charge is 2.22. The van der Waals surface area contributed by atoms with E-state index in [4.69, 9.17) is 4.74 Å². The molecule has 0 aliphatic carbocycles. The molecule has 0 bridgehead atoms. The number of pyridine rings is 1. The Morgan fingerprint density at radius 1 is 1.30 bits per heavy atom. The Kier molecular flexibility index (Phi) is 6.15. The van der Waals surface area contributed by atoms with Crippen molar-refractivity contribution in [3.63, 3.8) is 0 Å². The summed E-state index contributed by atoms with van der Waals surface area (Å²) in [5.74, 6) is 0.630. The van der Waals surface area contributed by atoms with Gasteiger partial charge < -0.3 is 15.0 Å². The van der Waals surface area contributed by atoms with Gasteiger partial charge in [-0.2, -0.15) is 5.26 Å². The number of likely N-dealkylation sites (tertiary alicyclic amines) is 1. The van der Waals surface area contributed by atoms with Gasteiger partial charge >= 0.3 is 6.41 Å². The summed E-state index contributed by atoms with van der Waals surface area (Å²) in [6.07, 6.45) is 8.20. The second kappa shape index (κ2) is 8.94. The van der Waals surface area contributed by atoms with Crippen LogP contribution >= 0.6 is 0 Å². The van der Waals surface area contributed by atoms with Gasteiger partial charge in [0.1, 0.15) is 18.5 Å². The van der Waals surface area contributed by atoms with Crippen molar-refractivity contribution in [3.05, 3.63) is 35.9 Å². The molecule has 1 fully saturated rings. The number of ether oxygens (including phenoxy) is 1. The van der Waals surface area contributed by atoms with Gasteiger partial charge in [-0.1, -0.05) is 13.3 Å². The van der Waals surface area contributed by atoms with Gasteiger partial charge in [0.2, 0.25) is 5.88 Å². The van der Waals surface area contributed by atoms with E-state index < -0.39 is 0 Å². The molecule has 1 aliphatic heterocycles. The van der Waals surface area contributed by atoms with Crippen LogP contribution in [0.1, 0.15) is 37.4 Å². The molecule has 1 N–H and O–H groups in total. The molecule has 8 heteroatoms. The van der Waals surface area contributed by atoms with E-state index in [2.05, 4.69) is 33.3 Å². The van der Waals surface area contributed by atoms with Crippen LogP contribution in [-0.4, -0.2) is 45.5 Å². The first-order valence-corrected chi connectivity index (χ1v) is 9.00. The van der Waals surface area contributed by atoms with E-state index in [1.807, 2.05) is 18.5 Å². The van der Waals surface area contributed by atoms with Crippen LogP contribution in [0.5, 0.6) is 5.88 Å². The molecule has 27 heavy (non-hydrogen) atoms. The van der Waals surface area contributed by atoms with E-state index in [1.165, 1.54) is 6.33 Å². The Labute approximate surface area is 158 Å². The van der Waals surface area contributed by atoms with Crippen molar-refractivity contribution in [2.75, 3.05) is 18.4 Å². The van der Waals surface area contributed by atoms with E-state index in [-0.39, 0.29) is 17.5 Å². The molecule has 1 radical (unpaired) electrons. The number of nitrogens with one attached hydrogen (secondary N) is 1. The van der Waals surface area contributed by atoms with Crippen LogP contribution in [0.15, 0.2) is 24.7 Å². The zero-order valence-electron chi connectivity index (χ0n) is 15.2. The van der Waals surface area contributed by atoms with Crippen LogP contribution in [0.2, 0.25) is 0 Å². The van der Waals surface area contributed by atoms with Crippen molar-refractivity contribution < 1.29 is 9.53 Å². The highest BCUT2D eigenvalue weighted by atomic mass is 16.5. The second-order valence-electron chi connectivity index (χ2n) is 6.32. The van der Waals surface area contributed by atoms with Gasteiger partial charge in [-0.25, -0.2) is 9.97 Å². The molecule has 0 aromatic carbocycles. The standard InChI is InChI=1S/C19H21N6O2/c1-2-3-14-4-5-15(11-21-14)24-18-17(10-20)19(23-12-22-18)27-16-6-8-25(13-26)9-7-16/h4-5,11-12,16H,2-3,6-9H2,1H3,(H,22,23,24). The lowest BCUT2D eigenvalue weighted by Gasteiger charge is -2.28. The maximum absolute atomic E-state index is 10.7. The number of hydrogen-bond donors (Lipinski definition) is 1. The van der Waals surface area contributed by atoms with E-state index in [0.717, 1.165) is 24.2 Å². The number of anilines is 2. The van der Waals surface area contributed by atoms with Gasteiger partial charge in [0.05, 0.1) is 11.9 Å². The Bertz CT molecular complexity index is 810. The number of carbonyl (C=O) groups excluding carboxylic acids is 1. The Morgan fingerprint density at radius 2 is 2.11 bits per heavy atom. The van der Waals surface area contributed by atoms with Gasteiger partial charge in [-0.05, 0) is 18.6 Å². The monoisotopic (exact) mass is 365 g/mol. The molecule has 2 aromatic rings. The average molecular weight is 365 g/mol. The number of hydrogen-bond acceptors (Lipinski definition) is 7. The molecule has 8 nitrogen and oxygen atoms in total. The summed E-state index contributed by atoms with van der Waals surface area (Å²) < 4.78 is 5.91. The summed E-state index contributed by atoms with van der Waals surface area (Å²) >= 11 is 0. The molecule has 1 saturated heterocycles. The predicted molar refractivity (Wildman–Crippen MR) is 99.2 cm³/mol. The van der Waals surface area contributed by atoms with Crippen LogP contribution in [0.4, 0.5) is 11.5 Å². The minimum absolute atomic E-state index is 0.0977. The molecule has 139 valence electrons. The highest BCUT2D eigenvalue weighted by Crippen LogP contribution is 2.26. The van der Waals surface area contributed by atoms with Crippen LogP contribution < -0.4 is 10.1 Å². The molecule has 2 aromatic heterocycles. The summed E-state index contributed by atoms with van der Waals surface area (Å²) in [5, 5.41) is 12.7. The molecule has 3 rings (SSSR count). The van der Waals surface area contributed by atoms with Crippen molar-refractivity contribution in [1.29, 1.82) is 5.26 Å². The first-order valence-electron chi connectivity index (χ1n) is 9.00. The quantitative estimate of drug-likeness (QED) is 0.803. The van der Waals surface area contributed by atoms with E-state index >= 15 is 0 Å². The van der Waals surface area contributed by atoms with Gasteiger partial charge in [0.25, 0.3) is 0 Å². The zero-order chi connectivity index (χ0) is 19.1. The topological polar surface area (TPSA) is 104 Å². The van der Waals surface area contributed by atoms with Crippen LogP contribution in [-0.2, 0) is 11.2 Å². The van der Waals surface area contributed by atoms with Crippen molar-refractivity contribution in [3.8, 4) is 11.9 Å². The van der Waals surface area contributed by atoms with Gasteiger partial charge in [0.15, 0.2) is 11.4 Å². The third-order valence-corrected chi connectivity index (χ3v) is 4.37.